The van der Waals surface area contributed by atoms with E-state index in [-0.39, 0.29) is 24.3 Å². The SMILES string of the molecule is C[NH+](CC(=O)Nc1ccc(F)cc1Cl)Cc1ccc2c(c1)OCO2. The maximum Gasteiger partial charge on any atom is 0.279 e. The van der Waals surface area contributed by atoms with E-state index in [1.54, 1.807) is 0 Å². The van der Waals surface area contributed by atoms with Crippen molar-refractivity contribution in [1.82, 2.24) is 0 Å². The monoisotopic (exact) mass is 351 g/mol. The molecular weight excluding hydrogens is 335 g/mol. The Balaban J connectivity index is 1.56. The van der Waals surface area contributed by atoms with Crippen molar-refractivity contribution in [2.45, 2.75) is 6.54 Å². The molecule has 2 aromatic carbocycles. The standard InChI is InChI=1S/C17H16ClFN2O3/c1-21(8-11-2-5-15-16(6-11)24-10-23-15)9-17(22)20-14-4-3-12(19)7-13(14)18/h2-7H,8-10H2,1H3,(H,20,22)/p+1. The van der Waals surface area contributed by atoms with Crippen LogP contribution in [0.1, 0.15) is 5.56 Å². The number of carbonyl (C=O) groups is 1. The van der Waals surface area contributed by atoms with Gasteiger partial charge in [0.05, 0.1) is 17.8 Å². The van der Waals surface area contributed by atoms with Crippen molar-refractivity contribution in [3.05, 3.63) is 52.8 Å². The molecule has 1 aliphatic heterocycles. The molecule has 0 aromatic heterocycles. The number of halogens is 2. The number of anilines is 1. The van der Waals surface area contributed by atoms with E-state index >= 15 is 0 Å². The Morgan fingerprint density at radius 3 is 2.83 bits per heavy atom. The van der Waals surface area contributed by atoms with E-state index in [9.17, 15) is 9.18 Å². The van der Waals surface area contributed by atoms with Gasteiger partial charge in [-0.3, -0.25) is 4.79 Å². The summed E-state index contributed by atoms with van der Waals surface area (Å²) in [4.78, 5) is 13.1. The molecule has 1 heterocycles. The molecule has 0 fully saturated rings. The number of rotatable bonds is 5. The highest BCUT2D eigenvalue weighted by Crippen LogP contribution is 2.32. The summed E-state index contributed by atoms with van der Waals surface area (Å²) >= 11 is 5.91. The summed E-state index contributed by atoms with van der Waals surface area (Å²) in [6, 6.07) is 9.60. The maximum absolute atomic E-state index is 13.0. The lowest BCUT2D eigenvalue weighted by Gasteiger charge is -2.14. The van der Waals surface area contributed by atoms with E-state index in [1.165, 1.54) is 18.2 Å². The third-order valence-electron chi connectivity index (χ3n) is 3.61. The van der Waals surface area contributed by atoms with Crippen molar-refractivity contribution in [1.29, 1.82) is 0 Å². The summed E-state index contributed by atoms with van der Waals surface area (Å²) in [5, 5.41) is 2.87. The Morgan fingerprint density at radius 2 is 2.04 bits per heavy atom. The van der Waals surface area contributed by atoms with Crippen LogP contribution < -0.4 is 19.7 Å². The van der Waals surface area contributed by atoms with Crippen LogP contribution in [-0.4, -0.2) is 26.3 Å². The highest BCUT2D eigenvalue weighted by molar-refractivity contribution is 6.33. The van der Waals surface area contributed by atoms with Crippen LogP contribution >= 0.6 is 11.6 Å². The molecule has 1 unspecified atom stereocenters. The van der Waals surface area contributed by atoms with Gasteiger partial charge in [-0.15, -0.1) is 0 Å². The molecule has 2 aromatic rings. The smallest absolute Gasteiger partial charge is 0.279 e. The van der Waals surface area contributed by atoms with Crippen molar-refractivity contribution in [3.8, 4) is 11.5 Å². The van der Waals surface area contributed by atoms with Gasteiger partial charge in [0.1, 0.15) is 12.4 Å². The predicted octanol–water partition coefficient (Wildman–Crippen LogP) is 1.86. The van der Waals surface area contributed by atoms with Gasteiger partial charge in [0.2, 0.25) is 6.79 Å². The molecule has 1 amide bonds. The molecule has 0 saturated carbocycles. The molecule has 0 aliphatic carbocycles. The van der Waals surface area contributed by atoms with E-state index in [0.717, 1.165) is 22.0 Å². The van der Waals surface area contributed by atoms with Crippen LogP contribution in [0, 0.1) is 5.82 Å². The lowest BCUT2D eigenvalue weighted by atomic mass is 10.2. The Bertz CT molecular complexity index is 769. The molecule has 5 nitrogen and oxygen atoms in total. The van der Waals surface area contributed by atoms with Gasteiger partial charge in [0.25, 0.3) is 5.91 Å². The third-order valence-corrected chi connectivity index (χ3v) is 3.92. The lowest BCUT2D eigenvalue weighted by molar-refractivity contribution is -0.885. The van der Waals surface area contributed by atoms with Crippen molar-refractivity contribution in [3.63, 3.8) is 0 Å². The summed E-state index contributed by atoms with van der Waals surface area (Å²) in [6.07, 6.45) is 0. The summed E-state index contributed by atoms with van der Waals surface area (Å²) in [7, 11) is 1.91. The predicted molar refractivity (Wildman–Crippen MR) is 88.1 cm³/mol. The minimum Gasteiger partial charge on any atom is -0.454 e. The number of amides is 1. The molecule has 0 spiro atoms. The molecule has 0 radical (unpaired) electrons. The maximum atomic E-state index is 13.0. The molecule has 1 aliphatic rings. The minimum atomic E-state index is -0.441. The van der Waals surface area contributed by atoms with Gasteiger partial charge in [-0.1, -0.05) is 11.6 Å². The van der Waals surface area contributed by atoms with Gasteiger partial charge in [0, 0.05) is 5.56 Å². The Hall–Kier alpha value is -2.31. The fraction of sp³-hybridized carbons (Fsp3) is 0.235. The van der Waals surface area contributed by atoms with Gasteiger partial charge in [0.15, 0.2) is 18.0 Å². The van der Waals surface area contributed by atoms with E-state index in [4.69, 9.17) is 21.1 Å². The number of benzene rings is 2. The lowest BCUT2D eigenvalue weighted by Crippen LogP contribution is -3.08. The second-order valence-corrected chi connectivity index (χ2v) is 6.08. The average Bonchev–Trinajstić information content (AvgIpc) is 2.97. The van der Waals surface area contributed by atoms with E-state index in [1.807, 2.05) is 25.2 Å². The molecule has 24 heavy (non-hydrogen) atoms. The second-order valence-electron chi connectivity index (χ2n) is 5.67. The summed E-state index contributed by atoms with van der Waals surface area (Å²) < 4.78 is 23.6. The van der Waals surface area contributed by atoms with Gasteiger partial charge in [-0.05, 0) is 36.4 Å². The van der Waals surface area contributed by atoms with Crippen molar-refractivity contribution < 1.29 is 23.6 Å². The summed E-state index contributed by atoms with van der Waals surface area (Å²) in [5.74, 6) is 0.827. The quantitative estimate of drug-likeness (QED) is 0.864. The van der Waals surface area contributed by atoms with E-state index in [0.29, 0.717) is 12.2 Å². The van der Waals surface area contributed by atoms with Gasteiger partial charge < -0.3 is 19.7 Å². The molecule has 0 saturated heterocycles. The molecule has 3 rings (SSSR count). The Kier molecular flexibility index (Phi) is 4.87. The highest BCUT2D eigenvalue weighted by atomic mass is 35.5. The van der Waals surface area contributed by atoms with Gasteiger partial charge in [-0.2, -0.15) is 0 Å². The fourth-order valence-corrected chi connectivity index (χ4v) is 2.74. The molecule has 0 bridgehead atoms. The van der Waals surface area contributed by atoms with E-state index < -0.39 is 5.82 Å². The zero-order valence-electron chi connectivity index (χ0n) is 13.1. The molecule has 2 N–H and O–H groups in total. The highest BCUT2D eigenvalue weighted by Gasteiger charge is 2.16. The zero-order chi connectivity index (χ0) is 17.1. The van der Waals surface area contributed by atoms with Crippen LogP contribution in [-0.2, 0) is 11.3 Å². The first-order chi connectivity index (χ1) is 11.5. The summed E-state index contributed by atoms with van der Waals surface area (Å²) in [6.45, 7) is 1.14. The fourth-order valence-electron chi connectivity index (χ4n) is 2.52. The normalized spacial score (nSPS) is 13.6. The Labute approximate surface area is 143 Å². The van der Waals surface area contributed by atoms with Crippen molar-refractivity contribution in [2.24, 2.45) is 0 Å². The largest absolute Gasteiger partial charge is 0.454 e. The minimum absolute atomic E-state index is 0.178. The first-order valence-corrected chi connectivity index (χ1v) is 7.84. The van der Waals surface area contributed by atoms with Crippen LogP contribution in [0.3, 0.4) is 0 Å². The van der Waals surface area contributed by atoms with Crippen molar-refractivity contribution in [2.75, 3.05) is 25.7 Å². The molecule has 126 valence electrons. The number of fused-ring (bicyclic) bond motifs is 1. The number of ether oxygens (including phenoxy) is 2. The van der Waals surface area contributed by atoms with E-state index in [2.05, 4.69) is 5.32 Å². The number of hydrogen-bond acceptors (Lipinski definition) is 3. The number of likely N-dealkylation sites (N-methyl/N-ethyl adjacent to an activating group) is 1. The number of carbonyl (C=O) groups excluding carboxylic acids is 1. The molecule has 1 atom stereocenters. The average molecular weight is 352 g/mol. The van der Waals surface area contributed by atoms with Crippen LogP contribution in [0.4, 0.5) is 10.1 Å². The molecule has 7 heteroatoms. The topological polar surface area (TPSA) is 52.0 Å². The first-order valence-electron chi connectivity index (χ1n) is 7.46. The summed E-state index contributed by atoms with van der Waals surface area (Å²) in [5.41, 5.74) is 1.45. The van der Waals surface area contributed by atoms with Crippen LogP contribution in [0.5, 0.6) is 11.5 Å². The third kappa shape index (κ3) is 3.96. The number of nitrogens with one attached hydrogen (secondary N) is 2. The Morgan fingerprint density at radius 1 is 1.25 bits per heavy atom. The first kappa shape index (κ1) is 16.5. The van der Waals surface area contributed by atoms with Gasteiger partial charge >= 0.3 is 0 Å². The zero-order valence-corrected chi connectivity index (χ0v) is 13.8. The van der Waals surface area contributed by atoms with Crippen LogP contribution in [0.2, 0.25) is 5.02 Å². The molecular formula is C17H17ClFN2O3+. The number of hydrogen-bond donors (Lipinski definition) is 2. The second kappa shape index (κ2) is 7.07. The number of quaternary nitrogens is 1. The van der Waals surface area contributed by atoms with Crippen molar-refractivity contribution >= 4 is 23.2 Å². The van der Waals surface area contributed by atoms with Crippen LogP contribution in [0.25, 0.3) is 0 Å². The van der Waals surface area contributed by atoms with Crippen LogP contribution in [0.15, 0.2) is 36.4 Å². The van der Waals surface area contributed by atoms with Gasteiger partial charge in [-0.25, -0.2) is 4.39 Å².